The van der Waals surface area contributed by atoms with Crippen molar-refractivity contribution in [3.8, 4) is 0 Å². The molecule has 0 aliphatic carbocycles. The molecule has 3 unspecified atom stereocenters. The van der Waals surface area contributed by atoms with Crippen LogP contribution in [0.4, 0.5) is 0 Å². The van der Waals surface area contributed by atoms with Crippen LogP contribution in [0.2, 0.25) is 0 Å². The molecule has 0 bridgehead atoms. The first kappa shape index (κ1) is 30.5. The minimum Gasteiger partial charge on any atom is -0.480 e. The molecule has 0 saturated heterocycles. The van der Waals surface area contributed by atoms with Crippen molar-refractivity contribution in [1.82, 2.24) is 0 Å². The number of hydrogen-bond acceptors (Lipinski definition) is 4. The van der Waals surface area contributed by atoms with Gasteiger partial charge in [0.15, 0.2) is 0 Å². The molecule has 0 spiro atoms. The molecule has 31 heavy (non-hydrogen) atoms. The summed E-state index contributed by atoms with van der Waals surface area (Å²) < 4.78 is 16.6. The lowest BCUT2D eigenvalue weighted by Crippen LogP contribution is -2.37. The summed E-state index contributed by atoms with van der Waals surface area (Å²) in [7, 11) is -4.73. The Balaban J connectivity index is 4.78. The van der Waals surface area contributed by atoms with Crippen molar-refractivity contribution in [2.45, 2.75) is 135 Å². The lowest BCUT2D eigenvalue weighted by Gasteiger charge is -2.29. The minimum atomic E-state index is -4.73. The molecule has 8 heteroatoms. The predicted octanol–water partition coefficient (Wildman–Crippen LogP) is 6.16. The van der Waals surface area contributed by atoms with Crippen molar-refractivity contribution in [2.24, 2.45) is 11.7 Å². The summed E-state index contributed by atoms with van der Waals surface area (Å²) in [5.74, 6) is -1.27. The van der Waals surface area contributed by atoms with E-state index >= 15 is 0 Å². The van der Waals surface area contributed by atoms with E-state index in [0.29, 0.717) is 0 Å². The molecular formula is C23H48NO6P. The number of carbonyl (C=O) groups is 1. The number of carboxylic acids is 1. The summed E-state index contributed by atoms with van der Waals surface area (Å²) in [5.41, 5.74) is 5.69. The average molecular weight is 466 g/mol. The maximum Gasteiger partial charge on any atom is 0.469 e. The quantitative estimate of drug-likeness (QED) is 0.111. The van der Waals surface area contributed by atoms with E-state index in [0.717, 1.165) is 51.4 Å². The molecule has 0 aromatic rings. The van der Waals surface area contributed by atoms with Crippen LogP contribution in [0, 0.1) is 5.92 Å². The highest BCUT2D eigenvalue weighted by Gasteiger charge is 2.32. The van der Waals surface area contributed by atoms with Crippen molar-refractivity contribution in [3.05, 3.63) is 0 Å². The molecule has 186 valence electrons. The number of rotatable bonds is 22. The van der Waals surface area contributed by atoms with E-state index in [-0.39, 0.29) is 12.3 Å². The second-order valence-corrected chi connectivity index (χ2v) is 10.1. The normalized spacial score (nSPS) is 15.0. The minimum absolute atomic E-state index is 0.0854. The predicted molar refractivity (Wildman–Crippen MR) is 126 cm³/mol. The Morgan fingerprint density at radius 3 is 1.55 bits per heavy atom. The van der Waals surface area contributed by atoms with Gasteiger partial charge < -0.3 is 20.6 Å². The van der Waals surface area contributed by atoms with Crippen molar-refractivity contribution < 1.29 is 28.8 Å². The van der Waals surface area contributed by atoms with Gasteiger partial charge in [0.1, 0.15) is 6.04 Å². The fourth-order valence-electron chi connectivity index (χ4n) is 4.09. The molecule has 0 aliphatic heterocycles. The highest BCUT2D eigenvalue weighted by atomic mass is 31.2. The summed E-state index contributed by atoms with van der Waals surface area (Å²) >= 11 is 0. The van der Waals surface area contributed by atoms with Gasteiger partial charge in [0, 0.05) is 6.42 Å². The topological polar surface area (TPSA) is 130 Å². The van der Waals surface area contributed by atoms with E-state index in [1.54, 1.807) is 0 Å². The lowest BCUT2D eigenvalue weighted by molar-refractivity contribution is -0.139. The molecule has 0 aromatic heterocycles. The SMILES string of the molecule is CCCCCCCCCCC(CCCCCCCC)C(CC(N)C(=O)O)OP(=O)(O)O. The van der Waals surface area contributed by atoms with Gasteiger partial charge in [-0.05, 0) is 18.8 Å². The number of phosphoric ester groups is 1. The van der Waals surface area contributed by atoms with Crippen LogP contribution in [0.15, 0.2) is 0 Å². The Bertz CT molecular complexity index is 485. The van der Waals surface area contributed by atoms with Gasteiger partial charge in [-0.15, -0.1) is 0 Å². The van der Waals surface area contributed by atoms with Crippen LogP contribution < -0.4 is 5.73 Å². The molecule has 0 fully saturated rings. The first-order valence-corrected chi connectivity index (χ1v) is 14.0. The molecule has 5 N–H and O–H groups in total. The summed E-state index contributed by atoms with van der Waals surface area (Å²) in [5, 5.41) is 9.17. The van der Waals surface area contributed by atoms with Gasteiger partial charge in [0.2, 0.25) is 0 Å². The van der Waals surface area contributed by atoms with Gasteiger partial charge in [0.25, 0.3) is 0 Å². The third-order valence-electron chi connectivity index (χ3n) is 5.96. The maximum absolute atomic E-state index is 11.5. The van der Waals surface area contributed by atoms with Crippen molar-refractivity contribution >= 4 is 13.8 Å². The number of unbranched alkanes of at least 4 members (excludes halogenated alkanes) is 12. The number of nitrogens with two attached hydrogens (primary N) is 1. The Morgan fingerprint density at radius 1 is 0.806 bits per heavy atom. The van der Waals surface area contributed by atoms with Crippen molar-refractivity contribution in [3.63, 3.8) is 0 Å². The Morgan fingerprint density at radius 2 is 1.19 bits per heavy atom. The number of aliphatic carboxylic acids is 1. The highest BCUT2D eigenvalue weighted by molar-refractivity contribution is 7.46. The number of carboxylic acid groups (broad SMARTS) is 1. The third-order valence-corrected chi connectivity index (χ3v) is 6.50. The van der Waals surface area contributed by atoms with Gasteiger partial charge in [0.05, 0.1) is 6.10 Å². The fourth-order valence-corrected chi connectivity index (χ4v) is 4.70. The van der Waals surface area contributed by atoms with Gasteiger partial charge in [-0.2, -0.15) is 0 Å². The van der Waals surface area contributed by atoms with E-state index < -0.39 is 25.9 Å². The van der Waals surface area contributed by atoms with Crippen LogP contribution in [-0.4, -0.2) is 33.0 Å². The standard InChI is InChI=1S/C23H48NO6P/c1-3-5-7-9-11-12-14-16-18-20(17-15-13-10-8-6-4-2)22(30-31(27,28)29)19-21(24)23(25)26/h20-22H,3-19,24H2,1-2H3,(H,25,26)(H2,27,28,29). The molecule has 0 radical (unpaired) electrons. The molecule has 0 amide bonds. The Hall–Kier alpha value is -0.460. The van der Waals surface area contributed by atoms with Gasteiger partial charge in [-0.1, -0.05) is 104 Å². The maximum atomic E-state index is 11.5. The van der Waals surface area contributed by atoms with E-state index in [4.69, 9.17) is 15.4 Å². The van der Waals surface area contributed by atoms with Crippen molar-refractivity contribution in [2.75, 3.05) is 0 Å². The van der Waals surface area contributed by atoms with Crippen LogP contribution in [-0.2, 0) is 13.9 Å². The third kappa shape index (κ3) is 18.8. The molecule has 0 saturated carbocycles. The number of hydrogen-bond donors (Lipinski definition) is 4. The van der Waals surface area contributed by atoms with Crippen LogP contribution in [0.25, 0.3) is 0 Å². The zero-order valence-corrected chi connectivity index (χ0v) is 20.7. The first-order chi connectivity index (χ1) is 14.7. The van der Waals surface area contributed by atoms with E-state index in [1.807, 2.05) is 0 Å². The van der Waals surface area contributed by atoms with Gasteiger partial charge in [-0.3, -0.25) is 9.32 Å². The van der Waals surface area contributed by atoms with E-state index in [2.05, 4.69) is 13.8 Å². The summed E-state index contributed by atoms with van der Waals surface area (Å²) in [6, 6.07) is -1.19. The van der Waals surface area contributed by atoms with E-state index in [1.165, 1.54) is 51.4 Å². The molecule has 0 heterocycles. The lowest BCUT2D eigenvalue weighted by atomic mass is 9.87. The van der Waals surface area contributed by atoms with Crippen LogP contribution in [0.3, 0.4) is 0 Å². The zero-order valence-electron chi connectivity index (χ0n) is 19.8. The largest absolute Gasteiger partial charge is 0.480 e. The second kappa shape index (κ2) is 19.0. The molecule has 0 aromatic carbocycles. The smallest absolute Gasteiger partial charge is 0.469 e. The molecule has 7 nitrogen and oxygen atoms in total. The molecule has 0 rings (SSSR count). The van der Waals surface area contributed by atoms with E-state index in [9.17, 15) is 19.1 Å². The van der Waals surface area contributed by atoms with Gasteiger partial charge in [-0.25, -0.2) is 4.57 Å². The first-order valence-electron chi connectivity index (χ1n) is 12.4. The summed E-state index contributed by atoms with van der Waals surface area (Å²) in [4.78, 5) is 30.0. The fraction of sp³-hybridized carbons (Fsp3) is 0.957. The summed E-state index contributed by atoms with van der Waals surface area (Å²) in [6.45, 7) is 4.38. The van der Waals surface area contributed by atoms with Crippen LogP contribution >= 0.6 is 7.82 Å². The monoisotopic (exact) mass is 465 g/mol. The molecule has 3 atom stereocenters. The summed E-state index contributed by atoms with van der Waals surface area (Å²) in [6.07, 6.45) is 16.9. The van der Waals surface area contributed by atoms with Crippen molar-refractivity contribution in [1.29, 1.82) is 0 Å². The average Bonchev–Trinajstić information content (AvgIpc) is 2.69. The Labute approximate surface area is 189 Å². The second-order valence-electron chi connectivity index (χ2n) is 8.89. The van der Waals surface area contributed by atoms with Crippen LogP contribution in [0.5, 0.6) is 0 Å². The Kier molecular flexibility index (Phi) is 18.8. The van der Waals surface area contributed by atoms with Gasteiger partial charge >= 0.3 is 13.8 Å². The van der Waals surface area contributed by atoms with Crippen LogP contribution in [0.1, 0.15) is 123 Å². The molecular weight excluding hydrogens is 417 g/mol. The number of phosphoric acid groups is 1. The highest BCUT2D eigenvalue weighted by Crippen LogP contribution is 2.42. The zero-order chi connectivity index (χ0) is 23.5. The molecule has 0 aliphatic rings.